The Morgan fingerprint density at radius 3 is 2.33 bits per heavy atom. The first-order valence-electron chi connectivity index (χ1n) is 6.36. The van der Waals surface area contributed by atoms with Gasteiger partial charge in [-0.2, -0.15) is 5.10 Å². The third kappa shape index (κ3) is 2.71. The Hall–Kier alpha value is -2.46. The van der Waals surface area contributed by atoms with Crippen molar-refractivity contribution in [3.8, 4) is 28.4 Å². The molecular formula is C16H13ClN2O2. The van der Waals surface area contributed by atoms with Crippen LogP contribution in [0.5, 0.6) is 11.5 Å². The number of rotatable bonds is 3. The third-order valence-corrected chi connectivity index (χ3v) is 3.40. The SMILES string of the molecule is COc1ccc(-c2nn(-c3ccc(Cl)cc3)cc2O)cc1. The van der Waals surface area contributed by atoms with E-state index in [4.69, 9.17) is 16.3 Å². The molecule has 1 heterocycles. The van der Waals surface area contributed by atoms with Crippen LogP contribution < -0.4 is 4.74 Å². The first-order chi connectivity index (χ1) is 10.2. The number of aromatic hydroxyl groups is 1. The summed E-state index contributed by atoms with van der Waals surface area (Å²) in [5, 5.41) is 15.2. The van der Waals surface area contributed by atoms with Gasteiger partial charge in [0.15, 0.2) is 5.75 Å². The number of aromatic nitrogens is 2. The summed E-state index contributed by atoms with van der Waals surface area (Å²) in [6.07, 6.45) is 1.57. The van der Waals surface area contributed by atoms with Crippen LogP contribution in [0.15, 0.2) is 54.7 Å². The van der Waals surface area contributed by atoms with Gasteiger partial charge in [0.25, 0.3) is 0 Å². The lowest BCUT2D eigenvalue weighted by molar-refractivity contribution is 0.415. The highest BCUT2D eigenvalue weighted by Crippen LogP contribution is 2.30. The summed E-state index contributed by atoms with van der Waals surface area (Å²) in [5.74, 6) is 0.880. The van der Waals surface area contributed by atoms with Crippen LogP contribution in [0, 0.1) is 0 Å². The van der Waals surface area contributed by atoms with Gasteiger partial charge in [-0.05, 0) is 48.5 Å². The summed E-state index contributed by atoms with van der Waals surface area (Å²) < 4.78 is 6.74. The van der Waals surface area contributed by atoms with Gasteiger partial charge in [0.1, 0.15) is 11.4 Å². The molecule has 0 bridgehead atoms. The van der Waals surface area contributed by atoms with Crippen LogP contribution in [0.1, 0.15) is 0 Å². The van der Waals surface area contributed by atoms with E-state index in [0.29, 0.717) is 10.7 Å². The molecule has 1 aromatic heterocycles. The van der Waals surface area contributed by atoms with Crippen LogP contribution in [0.3, 0.4) is 0 Å². The van der Waals surface area contributed by atoms with Crippen LogP contribution in [0.2, 0.25) is 5.02 Å². The maximum atomic E-state index is 10.1. The Morgan fingerprint density at radius 1 is 1.05 bits per heavy atom. The number of nitrogens with zero attached hydrogens (tertiary/aromatic N) is 2. The minimum absolute atomic E-state index is 0.120. The molecule has 1 N–H and O–H groups in total. The summed E-state index contributed by atoms with van der Waals surface area (Å²) in [6, 6.07) is 14.6. The normalized spacial score (nSPS) is 10.6. The molecule has 0 saturated carbocycles. The first kappa shape index (κ1) is 13.5. The van der Waals surface area contributed by atoms with Gasteiger partial charge in [-0.15, -0.1) is 0 Å². The second-order valence-electron chi connectivity index (χ2n) is 4.51. The van der Waals surface area contributed by atoms with Crippen molar-refractivity contribution in [1.82, 2.24) is 9.78 Å². The summed E-state index contributed by atoms with van der Waals surface area (Å²) in [4.78, 5) is 0. The van der Waals surface area contributed by atoms with Gasteiger partial charge in [-0.25, -0.2) is 4.68 Å². The van der Waals surface area contributed by atoms with E-state index in [9.17, 15) is 5.11 Å². The maximum Gasteiger partial charge on any atom is 0.162 e. The van der Waals surface area contributed by atoms with Crippen molar-refractivity contribution in [2.75, 3.05) is 7.11 Å². The molecule has 5 heteroatoms. The second kappa shape index (κ2) is 5.50. The molecule has 0 fully saturated rings. The number of benzene rings is 2. The third-order valence-electron chi connectivity index (χ3n) is 3.15. The quantitative estimate of drug-likeness (QED) is 0.798. The molecule has 0 spiro atoms. The van der Waals surface area contributed by atoms with Gasteiger partial charge in [0, 0.05) is 10.6 Å². The Balaban J connectivity index is 1.98. The number of halogens is 1. The number of hydrogen-bond donors (Lipinski definition) is 1. The van der Waals surface area contributed by atoms with Crippen LogP contribution in [0.4, 0.5) is 0 Å². The molecule has 0 amide bonds. The van der Waals surface area contributed by atoms with Crippen molar-refractivity contribution in [3.63, 3.8) is 0 Å². The van der Waals surface area contributed by atoms with Crippen molar-refractivity contribution in [2.24, 2.45) is 0 Å². The molecule has 3 rings (SSSR count). The molecule has 0 aliphatic rings. The van der Waals surface area contributed by atoms with Crippen molar-refractivity contribution < 1.29 is 9.84 Å². The van der Waals surface area contributed by atoms with Crippen LogP contribution in [-0.4, -0.2) is 22.0 Å². The van der Waals surface area contributed by atoms with Crippen molar-refractivity contribution >= 4 is 11.6 Å². The second-order valence-corrected chi connectivity index (χ2v) is 4.95. The zero-order valence-corrected chi connectivity index (χ0v) is 12.1. The van der Waals surface area contributed by atoms with Crippen molar-refractivity contribution in [3.05, 3.63) is 59.8 Å². The fraction of sp³-hybridized carbons (Fsp3) is 0.0625. The summed E-state index contributed by atoms with van der Waals surface area (Å²) in [5.41, 5.74) is 2.17. The van der Waals surface area contributed by atoms with Gasteiger partial charge in [0.05, 0.1) is 19.0 Å². The fourth-order valence-corrected chi connectivity index (χ4v) is 2.17. The van der Waals surface area contributed by atoms with E-state index in [1.165, 1.54) is 0 Å². The van der Waals surface area contributed by atoms with E-state index in [1.54, 1.807) is 30.1 Å². The molecule has 0 atom stereocenters. The Bertz CT molecular complexity index is 749. The van der Waals surface area contributed by atoms with Gasteiger partial charge in [0.2, 0.25) is 0 Å². The highest BCUT2D eigenvalue weighted by atomic mass is 35.5. The molecule has 0 aliphatic carbocycles. The average molecular weight is 301 g/mol. The van der Waals surface area contributed by atoms with E-state index in [2.05, 4.69) is 5.10 Å². The zero-order valence-electron chi connectivity index (χ0n) is 11.3. The first-order valence-corrected chi connectivity index (χ1v) is 6.74. The van der Waals surface area contributed by atoms with Gasteiger partial charge < -0.3 is 9.84 Å². The Morgan fingerprint density at radius 2 is 1.71 bits per heavy atom. The van der Waals surface area contributed by atoms with Crippen LogP contribution in [-0.2, 0) is 0 Å². The lowest BCUT2D eigenvalue weighted by atomic mass is 10.1. The highest BCUT2D eigenvalue weighted by molar-refractivity contribution is 6.30. The summed E-state index contributed by atoms with van der Waals surface area (Å²) >= 11 is 5.87. The Labute approximate surface area is 127 Å². The lowest BCUT2D eigenvalue weighted by Gasteiger charge is -2.02. The van der Waals surface area contributed by atoms with Crippen LogP contribution >= 0.6 is 11.6 Å². The molecule has 0 radical (unpaired) electrons. The topological polar surface area (TPSA) is 47.3 Å². The maximum absolute atomic E-state index is 10.1. The van der Waals surface area contributed by atoms with Gasteiger partial charge in [-0.3, -0.25) is 0 Å². The molecule has 0 unspecified atom stereocenters. The summed E-state index contributed by atoms with van der Waals surface area (Å²) in [6.45, 7) is 0. The molecule has 4 nitrogen and oxygen atoms in total. The molecule has 106 valence electrons. The number of methoxy groups -OCH3 is 1. The van der Waals surface area contributed by atoms with Crippen molar-refractivity contribution in [2.45, 2.75) is 0 Å². The molecule has 0 aliphatic heterocycles. The zero-order chi connectivity index (χ0) is 14.8. The molecule has 3 aromatic rings. The molecular weight excluding hydrogens is 288 g/mol. The number of ether oxygens (including phenoxy) is 1. The monoisotopic (exact) mass is 300 g/mol. The smallest absolute Gasteiger partial charge is 0.162 e. The van der Waals surface area contributed by atoms with E-state index in [-0.39, 0.29) is 5.75 Å². The van der Waals surface area contributed by atoms with E-state index < -0.39 is 0 Å². The van der Waals surface area contributed by atoms with Gasteiger partial charge in [-0.1, -0.05) is 11.6 Å². The minimum Gasteiger partial charge on any atom is -0.504 e. The number of hydrogen-bond acceptors (Lipinski definition) is 3. The highest BCUT2D eigenvalue weighted by Gasteiger charge is 2.11. The van der Waals surface area contributed by atoms with E-state index in [1.807, 2.05) is 36.4 Å². The fourth-order valence-electron chi connectivity index (χ4n) is 2.05. The molecule has 21 heavy (non-hydrogen) atoms. The van der Waals surface area contributed by atoms with Crippen molar-refractivity contribution in [1.29, 1.82) is 0 Å². The Kier molecular flexibility index (Phi) is 3.54. The van der Waals surface area contributed by atoms with E-state index in [0.717, 1.165) is 17.0 Å². The lowest BCUT2D eigenvalue weighted by Crippen LogP contribution is -1.94. The minimum atomic E-state index is 0.120. The summed E-state index contributed by atoms with van der Waals surface area (Å²) in [7, 11) is 1.61. The predicted molar refractivity (Wildman–Crippen MR) is 82.2 cm³/mol. The van der Waals surface area contributed by atoms with Crippen LogP contribution in [0.25, 0.3) is 16.9 Å². The standard InChI is InChI=1S/C16H13ClN2O2/c1-21-14-8-2-11(3-9-14)16-15(20)10-19(18-16)13-6-4-12(17)5-7-13/h2-10,20H,1H3. The largest absolute Gasteiger partial charge is 0.504 e. The van der Waals surface area contributed by atoms with Gasteiger partial charge >= 0.3 is 0 Å². The van der Waals surface area contributed by atoms with E-state index >= 15 is 0 Å². The molecule has 2 aromatic carbocycles. The average Bonchev–Trinajstić information content (AvgIpc) is 2.90. The predicted octanol–water partition coefficient (Wildman–Crippen LogP) is 3.91. The molecule has 0 saturated heterocycles.